The second kappa shape index (κ2) is 11.6. The number of anilines is 1. The first kappa shape index (κ1) is 25.3. The molecule has 12 heteroatoms. The molecule has 0 saturated heterocycles. The van der Waals surface area contributed by atoms with E-state index in [0.29, 0.717) is 30.3 Å². The normalized spacial score (nSPS) is 11.1. The highest BCUT2D eigenvalue weighted by atomic mass is 32.2. The number of amides is 1. The molecule has 0 aromatic heterocycles. The molecular formula is C21H24N4O7S. The molecule has 0 radical (unpaired) electrons. The third-order valence-electron chi connectivity index (χ3n) is 4.04. The highest BCUT2D eigenvalue weighted by molar-refractivity contribution is 7.92. The van der Waals surface area contributed by atoms with Gasteiger partial charge in [0, 0.05) is 12.1 Å². The molecule has 0 saturated carbocycles. The van der Waals surface area contributed by atoms with Gasteiger partial charge in [0.25, 0.3) is 11.6 Å². The van der Waals surface area contributed by atoms with Gasteiger partial charge in [-0.2, -0.15) is 5.10 Å². The molecule has 2 aromatic carbocycles. The zero-order valence-electron chi connectivity index (χ0n) is 18.1. The summed E-state index contributed by atoms with van der Waals surface area (Å²) in [5, 5.41) is 14.8. The largest absolute Gasteiger partial charge is 0.490 e. The van der Waals surface area contributed by atoms with E-state index in [-0.39, 0.29) is 11.4 Å². The fraction of sp³-hybridized carbons (Fsp3) is 0.238. The fourth-order valence-corrected chi connectivity index (χ4v) is 3.50. The summed E-state index contributed by atoms with van der Waals surface area (Å²) >= 11 is 0. The maximum Gasteiger partial charge on any atom is 0.271 e. The zero-order valence-corrected chi connectivity index (χ0v) is 18.9. The first-order chi connectivity index (χ1) is 15.7. The van der Waals surface area contributed by atoms with Crippen molar-refractivity contribution < 1.29 is 27.6 Å². The summed E-state index contributed by atoms with van der Waals surface area (Å²) in [6, 6.07) is 10.0. The first-order valence-electron chi connectivity index (χ1n) is 9.70. The number of rotatable bonds is 12. The lowest BCUT2D eigenvalue weighted by Gasteiger charge is -2.21. The van der Waals surface area contributed by atoms with Gasteiger partial charge in [-0.3, -0.25) is 19.2 Å². The lowest BCUT2D eigenvalue weighted by molar-refractivity contribution is -0.384. The van der Waals surface area contributed by atoms with Gasteiger partial charge in [0.2, 0.25) is 10.0 Å². The molecule has 1 N–H and O–H groups in total. The number of hydrogen-bond acceptors (Lipinski definition) is 8. The van der Waals surface area contributed by atoms with Gasteiger partial charge in [0.1, 0.15) is 13.2 Å². The second-order valence-electron chi connectivity index (χ2n) is 6.58. The molecule has 0 bridgehead atoms. The van der Waals surface area contributed by atoms with Crippen LogP contribution in [0.4, 0.5) is 11.4 Å². The molecule has 0 atom stereocenters. The van der Waals surface area contributed by atoms with Crippen LogP contribution >= 0.6 is 0 Å². The van der Waals surface area contributed by atoms with E-state index in [1.807, 2.05) is 6.92 Å². The predicted molar refractivity (Wildman–Crippen MR) is 124 cm³/mol. The number of hydrazone groups is 1. The number of sulfonamides is 1. The average Bonchev–Trinajstić information content (AvgIpc) is 2.76. The Bertz CT molecular complexity index is 1150. The number of hydrogen-bond donors (Lipinski definition) is 1. The zero-order chi connectivity index (χ0) is 24.4. The Morgan fingerprint density at radius 3 is 2.64 bits per heavy atom. The molecule has 0 spiro atoms. The van der Waals surface area contributed by atoms with Crippen LogP contribution in [0.25, 0.3) is 0 Å². The number of nitro benzene ring substituents is 1. The van der Waals surface area contributed by atoms with E-state index >= 15 is 0 Å². The number of nitrogens with one attached hydrogen (secondary N) is 1. The van der Waals surface area contributed by atoms with Crippen LogP contribution in [-0.2, 0) is 14.8 Å². The molecule has 2 rings (SSSR count). The molecule has 2 aromatic rings. The molecule has 33 heavy (non-hydrogen) atoms. The van der Waals surface area contributed by atoms with Crippen molar-refractivity contribution in [1.29, 1.82) is 0 Å². The molecule has 0 aliphatic heterocycles. The Balaban J connectivity index is 2.12. The van der Waals surface area contributed by atoms with E-state index in [0.717, 1.165) is 16.6 Å². The third kappa shape index (κ3) is 7.61. The van der Waals surface area contributed by atoms with E-state index in [9.17, 15) is 23.3 Å². The lowest BCUT2D eigenvalue weighted by Crippen LogP contribution is -2.39. The fourth-order valence-electron chi connectivity index (χ4n) is 2.65. The van der Waals surface area contributed by atoms with Gasteiger partial charge >= 0.3 is 0 Å². The Morgan fingerprint density at radius 1 is 1.24 bits per heavy atom. The molecular weight excluding hydrogens is 452 g/mol. The number of nitro groups is 1. The smallest absolute Gasteiger partial charge is 0.271 e. The van der Waals surface area contributed by atoms with Crippen molar-refractivity contribution in [2.45, 2.75) is 6.92 Å². The Hall–Kier alpha value is -3.93. The summed E-state index contributed by atoms with van der Waals surface area (Å²) in [7, 11) is -3.90. The minimum absolute atomic E-state index is 0.0118. The molecule has 0 heterocycles. The Kier molecular flexibility index (Phi) is 8.92. The van der Waals surface area contributed by atoms with Crippen molar-refractivity contribution in [2.24, 2.45) is 5.10 Å². The van der Waals surface area contributed by atoms with Gasteiger partial charge in [0.05, 0.1) is 29.7 Å². The summed E-state index contributed by atoms with van der Waals surface area (Å²) in [6.07, 6.45) is 3.86. The van der Waals surface area contributed by atoms with Crippen molar-refractivity contribution in [1.82, 2.24) is 5.43 Å². The maximum atomic E-state index is 12.3. The highest BCUT2D eigenvalue weighted by Gasteiger charge is 2.22. The quantitative estimate of drug-likeness (QED) is 0.215. The number of nitrogens with zero attached hydrogens (tertiary/aromatic N) is 3. The SMILES string of the molecule is C=CCOc1ccc(/C=N\NC(=O)CN(c2cccc([N+](=O)[O-])c2)S(C)(=O)=O)cc1OCC. The minimum atomic E-state index is -3.90. The van der Waals surface area contributed by atoms with Gasteiger partial charge in [-0.05, 0) is 36.8 Å². The first-order valence-corrected chi connectivity index (χ1v) is 11.5. The lowest BCUT2D eigenvalue weighted by atomic mass is 10.2. The van der Waals surface area contributed by atoms with Crippen molar-refractivity contribution >= 4 is 33.5 Å². The van der Waals surface area contributed by atoms with Crippen molar-refractivity contribution in [3.8, 4) is 11.5 Å². The van der Waals surface area contributed by atoms with Gasteiger partial charge in [-0.15, -0.1) is 0 Å². The molecule has 0 aliphatic carbocycles. The summed E-state index contributed by atoms with van der Waals surface area (Å²) in [5.41, 5.74) is 2.53. The highest BCUT2D eigenvalue weighted by Crippen LogP contribution is 2.28. The summed E-state index contributed by atoms with van der Waals surface area (Å²) in [5.74, 6) is 0.279. The van der Waals surface area contributed by atoms with Crippen molar-refractivity contribution in [3.63, 3.8) is 0 Å². The number of benzene rings is 2. The topological polar surface area (TPSA) is 140 Å². The Morgan fingerprint density at radius 2 is 2.00 bits per heavy atom. The van der Waals surface area contributed by atoms with Crippen LogP contribution in [0.15, 0.2) is 60.2 Å². The monoisotopic (exact) mass is 476 g/mol. The third-order valence-corrected chi connectivity index (χ3v) is 5.18. The van der Waals surface area contributed by atoms with Crippen LogP contribution in [-0.4, -0.2) is 51.5 Å². The summed E-state index contributed by atoms with van der Waals surface area (Å²) < 4.78 is 36.1. The number of non-ortho nitro benzene ring substituents is 1. The predicted octanol–water partition coefficient (Wildman–Crippen LogP) is 2.47. The Labute approximate surface area is 191 Å². The van der Waals surface area contributed by atoms with E-state index < -0.39 is 27.4 Å². The van der Waals surface area contributed by atoms with Gasteiger partial charge in [-0.1, -0.05) is 18.7 Å². The molecule has 1 amide bonds. The van der Waals surface area contributed by atoms with E-state index in [1.54, 1.807) is 24.3 Å². The molecule has 11 nitrogen and oxygen atoms in total. The molecule has 0 aliphatic rings. The van der Waals surface area contributed by atoms with Crippen molar-refractivity contribution in [3.05, 3.63) is 70.8 Å². The minimum Gasteiger partial charge on any atom is -0.490 e. The maximum absolute atomic E-state index is 12.3. The van der Waals surface area contributed by atoms with E-state index in [1.165, 1.54) is 24.4 Å². The van der Waals surface area contributed by atoms with Crippen LogP contribution in [0, 0.1) is 10.1 Å². The van der Waals surface area contributed by atoms with Crippen LogP contribution in [0.1, 0.15) is 12.5 Å². The standard InChI is InChI=1S/C21H24N4O7S/c1-4-11-32-19-10-9-16(12-20(19)31-5-2)14-22-23-21(26)15-24(33(3,29)30)17-7-6-8-18(13-17)25(27)28/h4,6-10,12-14H,1,5,11,15H2,2-3H3,(H,23,26)/b22-14-. The molecule has 0 fully saturated rings. The van der Waals surface area contributed by atoms with Gasteiger partial charge in [0.15, 0.2) is 11.5 Å². The van der Waals surface area contributed by atoms with Gasteiger partial charge in [-0.25, -0.2) is 13.8 Å². The number of carbonyl (C=O) groups is 1. The van der Waals surface area contributed by atoms with Gasteiger partial charge < -0.3 is 9.47 Å². The second-order valence-corrected chi connectivity index (χ2v) is 8.49. The summed E-state index contributed by atoms with van der Waals surface area (Å²) in [6.45, 7) is 5.53. The number of ether oxygens (including phenoxy) is 2. The van der Waals surface area contributed by atoms with Crippen LogP contribution < -0.4 is 19.2 Å². The average molecular weight is 477 g/mol. The van der Waals surface area contributed by atoms with Crippen LogP contribution in [0.3, 0.4) is 0 Å². The summed E-state index contributed by atoms with van der Waals surface area (Å²) in [4.78, 5) is 22.6. The van der Waals surface area contributed by atoms with Crippen LogP contribution in [0.5, 0.6) is 11.5 Å². The molecule has 176 valence electrons. The number of carbonyl (C=O) groups excluding carboxylic acids is 1. The van der Waals surface area contributed by atoms with Crippen LogP contribution in [0.2, 0.25) is 0 Å². The van der Waals surface area contributed by atoms with E-state index in [2.05, 4.69) is 17.1 Å². The molecule has 0 unspecified atom stereocenters. The van der Waals surface area contributed by atoms with Crippen molar-refractivity contribution in [2.75, 3.05) is 30.3 Å². The van der Waals surface area contributed by atoms with E-state index in [4.69, 9.17) is 9.47 Å².